The third-order valence-electron chi connectivity index (χ3n) is 4.09. The smallest absolute Gasteiger partial charge is 0.265 e. The quantitative estimate of drug-likeness (QED) is 0.889. The van der Waals surface area contributed by atoms with Crippen molar-refractivity contribution in [3.05, 3.63) is 26.3 Å². The molecule has 1 N–H and O–H groups in total. The Bertz CT molecular complexity index is 549. The van der Waals surface area contributed by atoms with Crippen molar-refractivity contribution >= 4 is 15.9 Å². The molecule has 0 atom stereocenters. The average Bonchev–Trinajstić information content (AvgIpc) is 2.41. The van der Waals surface area contributed by atoms with Crippen LogP contribution in [0.3, 0.4) is 0 Å². The maximum absolute atomic E-state index is 12.3. The van der Waals surface area contributed by atoms with Crippen molar-refractivity contribution in [2.75, 3.05) is 6.61 Å². The second-order valence-electron chi connectivity index (χ2n) is 6.82. The third kappa shape index (κ3) is 3.39. The van der Waals surface area contributed by atoms with Gasteiger partial charge in [-0.05, 0) is 35.7 Å². The highest BCUT2D eigenvalue weighted by Gasteiger charge is 2.38. The van der Waals surface area contributed by atoms with Gasteiger partial charge in [-0.1, -0.05) is 40.0 Å². The highest BCUT2D eigenvalue weighted by Crippen LogP contribution is 2.39. The summed E-state index contributed by atoms with van der Waals surface area (Å²) in [5.74, 6) is 0.696. The molecular weight excluding hydrogens is 332 g/mol. The topological polar surface area (TPSA) is 55.0 Å². The van der Waals surface area contributed by atoms with Gasteiger partial charge in [0.2, 0.25) is 0 Å². The molecule has 2 rings (SSSR count). The number of rotatable bonds is 3. The molecule has 4 nitrogen and oxygen atoms in total. The zero-order valence-electron chi connectivity index (χ0n) is 13.4. The molecule has 1 saturated carbocycles. The van der Waals surface area contributed by atoms with Crippen LogP contribution in [-0.2, 0) is 15.8 Å². The molecule has 21 heavy (non-hydrogen) atoms. The van der Waals surface area contributed by atoms with Crippen molar-refractivity contribution in [3.63, 3.8) is 0 Å². The fraction of sp³-hybridized carbons (Fsp3) is 0.750. The normalized spacial score (nSPS) is 18.7. The van der Waals surface area contributed by atoms with E-state index in [-0.39, 0.29) is 11.0 Å². The summed E-state index contributed by atoms with van der Waals surface area (Å²) in [6, 6.07) is 0. The van der Waals surface area contributed by atoms with Crippen molar-refractivity contribution in [3.8, 4) is 0 Å². The monoisotopic (exact) mass is 356 g/mol. The number of aromatic amines is 1. The molecule has 0 bridgehead atoms. The molecule has 0 unspecified atom stereocenters. The number of ether oxygens (including phenoxy) is 1. The minimum Gasteiger partial charge on any atom is -0.367 e. The Balaban J connectivity index is 2.56. The van der Waals surface area contributed by atoms with E-state index >= 15 is 0 Å². The van der Waals surface area contributed by atoms with Crippen LogP contribution in [0, 0.1) is 0 Å². The van der Waals surface area contributed by atoms with E-state index in [0.29, 0.717) is 16.9 Å². The number of hydrogen-bond donors (Lipinski definition) is 1. The Morgan fingerprint density at radius 1 is 1.29 bits per heavy atom. The maximum Gasteiger partial charge on any atom is 0.265 e. The van der Waals surface area contributed by atoms with Gasteiger partial charge in [0.15, 0.2) is 0 Å². The van der Waals surface area contributed by atoms with Crippen LogP contribution in [0.4, 0.5) is 0 Å². The highest BCUT2D eigenvalue weighted by molar-refractivity contribution is 9.10. The van der Waals surface area contributed by atoms with Gasteiger partial charge in [-0.2, -0.15) is 0 Å². The first-order valence-electron chi connectivity index (χ1n) is 7.75. The van der Waals surface area contributed by atoms with E-state index in [9.17, 15) is 4.79 Å². The minimum absolute atomic E-state index is 0.116. The molecule has 0 aliphatic heterocycles. The van der Waals surface area contributed by atoms with Gasteiger partial charge < -0.3 is 9.72 Å². The maximum atomic E-state index is 12.3. The first-order chi connectivity index (χ1) is 9.80. The summed E-state index contributed by atoms with van der Waals surface area (Å²) < 4.78 is 6.60. The summed E-state index contributed by atoms with van der Waals surface area (Å²) in [5, 5.41) is 0. The molecule has 0 aromatic carbocycles. The summed E-state index contributed by atoms with van der Waals surface area (Å²) in [6.45, 7) is 8.83. The fourth-order valence-corrected chi connectivity index (χ4v) is 3.80. The standard InChI is InChI=1S/C16H25BrN2O2/c1-5-21-16(9-7-6-8-10-16)14-18-12(15(2,3)4)11(17)13(20)19-14/h5-10H2,1-4H3,(H,18,19,20). The molecule has 0 spiro atoms. The summed E-state index contributed by atoms with van der Waals surface area (Å²) in [6.07, 6.45) is 5.31. The van der Waals surface area contributed by atoms with Crippen molar-refractivity contribution in [2.24, 2.45) is 0 Å². The molecule has 5 heteroatoms. The Morgan fingerprint density at radius 2 is 1.90 bits per heavy atom. The van der Waals surface area contributed by atoms with Gasteiger partial charge in [0.05, 0.1) is 5.69 Å². The van der Waals surface area contributed by atoms with Gasteiger partial charge >= 0.3 is 0 Å². The van der Waals surface area contributed by atoms with E-state index in [4.69, 9.17) is 9.72 Å². The second kappa shape index (κ2) is 6.21. The summed E-state index contributed by atoms with van der Waals surface area (Å²) >= 11 is 3.38. The van der Waals surface area contributed by atoms with Crippen LogP contribution in [-0.4, -0.2) is 16.6 Å². The summed E-state index contributed by atoms with van der Waals surface area (Å²) in [4.78, 5) is 20.0. The minimum atomic E-state index is -0.424. The lowest BCUT2D eigenvalue weighted by Crippen LogP contribution is -2.37. The Kier molecular flexibility index (Phi) is 4.93. The van der Waals surface area contributed by atoms with Crippen molar-refractivity contribution in [2.45, 2.75) is 70.8 Å². The summed E-state index contributed by atoms with van der Waals surface area (Å²) in [5.41, 5.74) is 0.0667. The van der Waals surface area contributed by atoms with Crippen molar-refractivity contribution in [1.82, 2.24) is 9.97 Å². The molecule has 1 aliphatic carbocycles. The van der Waals surface area contributed by atoms with Crippen LogP contribution in [0.2, 0.25) is 0 Å². The molecule has 0 saturated heterocycles. The molecule has 1 aromatic heterocycles. The van der Waals surface area contributed by atoms with Gasteiger partial charge in [-0.25, -0.2) is 4.98 Å². The van der Waals surface area contributed by atoms with Gasteiger partial charge in [-0.15, -0.1) is 0 Å². The number of hydrogen-bond acceptors (Lipinski definition) is 3. The van der Waals surface area contributed by atoms with Gasteiger partial charge in [0, 0.05) is 12.0 Å². The Hall–Kier alpha value is -0.680. The predicted molar refractivity (Wildman–Crippen MR) is 87.6 cm³/mol. The molecule has 118 valence electrons. The Labute approximate surface area is 134 Å². The second-order valence-corrected chi connectivity index (χ2v) is 7.61. The van der Waals surface area contributed by atoms with E-state index in [0.717, 1.165) is 31.4 Å². The van der Waals surface area contributed by atoms with Gasteiger partial charge in [0.25, 0.3) is 5.56 Å². The number of aromatic nitrogens is 2. The average molecular weight is 357 g/mol. The van der Waals surface area contributed by atoms with Crippen LogP contribution < -0.4 is 5.56 Å². The first kappa shape index (κ1) is 16.7. The molecule has 1 aliphatic rings. The largest absolute Gasteiger partial charge is 0.367 e. The van der Waals surface area contributed by atoms with Crippen molar-refractivity contribution in [1.29, 1.82) is 0 Å². The predicted octanol–water partition coefficient (Wildman–Crippen LogP) is 4.03. The van der Waals surface area contributed by atoms with Crippen LogP contribution in [0.1, 0.15) is 71.3 Å². The molecule has 1 heterocycles. The zero-order chi connectivity index (χ0) is 15.7. The van der Waals surface area contributed by atoms with E-state index < -0.39 is 5.60 Å². The van der Waals surface area contributed by atoms with Crippen LogP contribution in [0.15, 0.2) is 9.27 Å². The number of nitrogens with one attached hydrogen (secondary N) is 1. The lowest BCUT2D eigenvalue weighted by atomic mass is 9.83. The number of H-pyrrole nitrogens is 1. The SMILES string of the molecule is CCOC1(c2nc(C(C)(C)C)c(Br)c(=O)[nH]2)CCCCC1. The Morgan fingerprint density at radius 3 is 2.43 bits per heavy atom. The van der Waals surface area contributed by atoms with Crippen LogP contribution >= 0.6 is 15.9 Å². The third-order valence-corrected chi connectivity index (χ3v) is 4.82. The van der Waals surface area contributed by atoms with Gasteiger partial charge in [0.1, 0.15) is 15.9 Å². The molecule has 0 radical (unpaired) electrons. The lowest BCUT2D eigenvalue weighted by Gasteiger charge is -2.36. The van der Waals surface area contributed by atoms with Crippen molar-refractivity contribution < 1.29 is 4.74 Å². The van der Waals surface area contributed by atoms with E-state index in [1.165, 1.54) is 6.42 Å². The molecule has 0 amide bonds. The molecule has 1 aromatic rings. The van der Waals surface area contributed by atoms with Gasteiger partial charge in [-0.3, -0.25) is 4.79 Å². The summed E-state index contributed by atoms with van der Waals surface area (Å²) in [7, 11) is 0. The lowest BCUT2D eigenvalue weighted by molar-refractivity contribution is -0.0770. The van der Waals surface area contributed by atoms with Crippen LogP contribution in [0.25, 0.3) is 0 Å². The van der Waals surface area contributed by atoms with E-state index in [1.54, 1.807) is 0 Å². The molecular formula is C16H25BrN2O2. The zero-order valence-corrected chi connectivity index (χ0v) is 15.0. The first-order valence-corrected chi connectivity index (χ1v) is 8.54. The van der Waals surface area contributed by atoms with E-state index in [1.807, 2.05) is 6.92 Å². The van der Waals surface area contributed by atoms with E-state index in [2.05, 4.69) is 41.7 Å². The highest BCUT2D eigenvalue weighted by atomic mass is 79.9. The fourth-order valence-electron chi connectivity index (χ4n) is 3.02. The number of halogens is 1. The molecule has 1 fully saturated rings. The number of nitrogens with zero attached hydrogens (tertiary/aromatic N) is 1. The van der Waals surface area contributed by atoms with Crippen LogP contribution in [0.5, 0.6) is 0 Å².